The van der Waals surface area contributed by atoms with Crippen molar-refractivity contribution in [2.24, 2.45) is 0 Å². The van der Waals surface area contributed by atoms with Crippen molar-refractivity contribution in [3.63, 3.8) is 0 Å². The van der Waals surface area contributed by atoms with Crippen LogP contribution in [0, 0.1) is 0 Å². The zero-order valence-electron chi connectivity index (χ0n) is 11.9. The van der Waals surface area contributed by atoms with Crippen molar-refractivity contribution in [2.75, 3.05) is 0 Å². The number of benzene rings is 3. The molecule has 0 fully saturated rings. The Bertz CT molecular complexity index is 1410. The number of rotatable bonds is 0. The van der Waals surface area contributed by atoms with Crippen LogP contribution in [-0.2, 0) is 0 Å². The second kappa shape index (κ2) is 4.05. The van der Waals surface area contributed by atoms with E-state index in [1.54, 1.807) is 36.4 Å². The third-order valence-electron chi connectivity index (χ3n) is 4.36. The van der Waals surface area contributed by atoms with Crippen molar-refractivity contribution in [1.29, 1.82) is 0 Å². The SMILES string of the molecule is O=c1oc(=O)c2cc3c(ccc4cc5c(=O)oc(=O)c5cc43)cc12. The van der Waals surface area contributed by atoms with Gasteiger partial charge in [0.25, 0.3) is 0 Å². The van der Waals surface area contributed by atoms with E-state index in [0.29, 0.717) is 10.8 Å². The first-order valence-electron chi connectivity index (χ1n) is 7.10. The highest BCUT2D eigenvalue weighted by Crippen LogP contribution is 2.29. The molecule has 24 heavy (non-hydrogen) atoms. The van der Waals surface area contributed by atoms with Crippen LogP contribution in [0.5, 0.6) is 0 Å². The fourth-order valence-corrected chi connectivity index (χ4v) is 3.22. The molecule has 0 N–H and O–H groups in total. The molecule has 0 saturated carbocycles. The average Bonchev–Trinajstić information content (AvgIpc) is 3.00. The van der Waals surface area contributed by atoms with Gasteiger partial charge in [0.05, 0.1) is 21.5 Å². The van der Waals surface area contributed by atoms with Gasteiger partial charge in [0.15, 0.2) is 0 Å². The van der Waals surface area contributed by atoms with Crippen LogP contribution in [-0.4, -0.2) is 0 Å². The lowest BCUT2D eigenvalue weighted by molar-refractivity contribution is 0.499. The van der Waals surface area contributed by atoms with E-state index in [4.69, 9.17) is 0 Å². The Balaban J connectivity index is 2.09. The second-order valence-corrected chi connectivity index (χ2v) is 5.66. The normalized spacial score (nSPS) is 12.0. The first-order valence-corrected chi connectivity index (χ1v) is 7.10. The van der Waals surface area contributed by atoms with Crippen LogP contribution in [0.2, 0.25) is 0 Å². The molecule has 2 aromatic heterocycles. The predicted molar refractivity (Wildman–Crippen MR) is 88.5 cm³/mol. The molecule has 2 heterocycles. The number of hydrogen-bond donors (Lipinski definition) is 0. The zero-order chi connectivity index (χ0) is 16.6. The molecule has 0 saturated heterocycles. The van der Waals surface area contributed by atoms with Gasteiger partial charge in [0.1, 0.15) is 0 Å². The molecule has 5 rings (SSSR count). The van der Waals surface area contributed by atoms with Gasteiger partial charge in [-0.1, -0.05) is 12.1 Å². The van der Waals surface area contributed by atoms with Gasteiger partial charge in [0.2, 0.25) is 0 Å². The maximum absolute atomic E-state index is 11.8. The summed E-state index contributed by atoms with van der Waals surface area (Å²) >= 11 is 0. The number of furan rings is 2. The minimum atomic E-state index is -0.690. The quantitative estimate of drug-likeness (QED) is 0.404. The minimum absolute atomic E-state index is 0.194. The summed E-state index contributed by atoms with van der Waals surface area (Å²) in [4.78, 5) is 46.9. The lowest BCUT2D eigenvalue weighted by atomic mass is 9.98. The van der Waals surface area contributed by atoms with Gasteiger partial charge < -0.3 is 8.83 Å². The van der Waals surface area contributed by atoms with E-state index in [2.05, 4.69) is 8.83 Å². The van der Waals surface area contributed by atoms with Crippen LogP contribution < -0.4 is 22.5 Å². The van der Waals surface area contributed by atoms with Gasteiger partial charge in [-0.2, -0.15) is 0 Å². The Morgan fingerprint density at radius 1 is 0.458 bits per heavy atom. The standard InChI is InChI=1S/C18H6O6/c19-15-11-3-7-1-2-8-4-12-14(18(22)24-16(12)20)6-10(8)9(7)5-13(11)17(21)23-15/h1-6H. The van der Waals surface area contributed by atoms with Crippen molar-refractivity contribution < 1.29 is 8.83 Å². The largest absolute Gasteiger partial charge is 0.386 e. The van der Waals surface area contributed by atoms with Gasteiger partial charge in [-0.3, -0.25) is 0 Å². The van der Waals surface area contributed by atoms with Crippen LogP contribution in [0.15, 0.2) is 64.4 Å². The molecular weight excluding hydrogens is 312 g/mol. The molecule has 0 aliphatic carbocycles. The molecule has 0 unspecified atom stereocenters. The average molecular weight is 318 g/mol. The molecule has 0 bridgehead atoms. The molecule has 0 spiro atoms. The smallest absolute Gasteiger partial charge is 0.346 e. The van der Waals surface area contributed by atoms with Gasteiger partial charge >= 0.3 is 22.5 Å². The highest BCUT2D eigenvalue weighted by atomic mass is 16.4. The molecule has 6 nitrogen and oxygen atoms in total. The first-order chi connectivity index (χ1) is 11.5. The minimum Gasteiger partial charge on any atom is -0.386 e. The van der Waals surface area contributed by atoms with Crippen LogP contribution in [0.4, 0.5) is 0 Å². The molecule has 5 aromatic rings. The summed E-state index contributed by atoms with van der Waals surface area (Å²) in [5.41, 5.74) is -2.71. The zero-order valence-corrected chi connectivity index (χ0v) is 11.9. The lowest BCUT2D eigenvalue weighted by Gasteiger charge is -2.04. The molecule has 6 heteroatoms. The van der Waals surface area contributed by atoms with E-state index in [0.717, 1.165) is 10.8 Å². The summed E-state index contributed by atoms with van der Waals surface area (Å²) in [6.07, 6.45) is 0. The van der Waals surface area contributed by atoms with Crippen molar-refractivity contribution >= 4 is 43.1 Å². The Morgan fingerprint density at radius 3 is 1.17 bits per heavy atom. The molecule has 3 aromatic carbocycles. The van der Waals surface area contributed by atoms with Crippen molar-refractivity contribution in [1.82, 2.24) is 0 Å². The fourth-order valence-electron chi connectivity index (χ4n) is 3.22. The maximum atomic E-state index is 11.8. The molecule has 0 radical (unpaired) electrons. The topological polar surface area (TPSA) is 94.6 Å². The molecule has 0 aliphatic rings. The third-order valence-corrected chi connectivity index (χ3v) is 4.36. The van der Waals surface area contributed by atoms with E-state index in [9.17, 15) is 19.2 Å². The summed E-state index contributed by atoms with van der Waals surface area (Å²) in [6, 6.07) is 9.90. The fraction of sp³-hybridized carbons (Fsp3) is 0. The van der Waals surface area contributed by atoms with E-state index in [-0.39, 0.29) is 21.5 Å². The molecule has 0 atom stereocenters. The molecular formula is C18H6O6. The Morgan fingerprint density at radius 2 is 0.792 bits per heavy atom. The Hall–Kier alpha value is -3.54. The van der Waals surface area contributed by atoms with Gasteiger partial charge in [0, 0.05) is 0 Å². The summed E-state index contributed by atoms with van der Waals surface area (Å²) < 4.78 is 9.25. The third kappa shape index (κ3) is 1.49. The molecule has 0 amide bonds. The van der Waals surface area contributed by atoms with E-state index < -0.39 is 22.5 Å². The van der Waals surface area contributed by atoms with Crippen molar-refractivity contribution in [3.05, 3.63) is 78.1 Å². The first kappa shape index (κ1) is 13.0. The second-order valence-electron chi connectivity index (χ2n) is 5.66. The monoisotopic (exact) mass is 318 g/mol. The van der Waals surface area contributed by atoms with Crippen molar-refractivity contribution in [3.8, 4) is 0 Å². The lowest BCUT2D eigenvalue weighted by Crippen LogP contribution is -1.94. The maximum Gasteiger partial charge on any atom is 0.346 e. The Kier molecular flexibility index (Phi) is 2.19. The summed E-state index contributed by atoms with van der Waals surface area (Å²) in [6.45, 7) is 0. The summed E-state index contributed by atoms with van der Waals surface area (Å²) in [5.74, 6) is 0. The number of fused-ring (bicyclic) bond motifs is 5. The summed E-state index contributed by atoms with van der Waals surface area (Å²) in [7, 11) is 0. The van der Waals surface area contributed by atoms with Crippen LogP contribution in [0.25, 0.3) is 43.1 Å². The highest BCUT2D eigenvalue weighted by Gasteiger charge is 2.14. The summed E-state index contributed by atoms with van der Waals surface area (Å²) in [5, 5.41) is 3.67. The molecule has 114 valence electrons. The van der Waals surface area contributed by atoms with Gasteiger partial charge in [-0.05, 0) is 45.8 Å². The molecule has 0 aliphatic heterocycles. The Labute approximate surface area is 130 Å². The van der Waals surface area contributed by atoms with E-state index in [1.165, 1.54) is 0 Å². The van der Waals surface area contributed by atoms with Gasteiger partial charge in [-0.15, -0.1) is 0 Å². The van der Waals surface area contributed by atoms with Crippen LogP contribution in [0.3, 0.4) is 0 Å². The van der Waals surface area contributed by atoms with Gasteiger partial charge in [-0.25, -0.2) is 19.2 Å². The van der Waals surface area contributed by atoms with E-state index >= 15 is 0 Å². The number of hydrogen-bond acceptors (Lipinski definition) is 6. The van der Waals surface area contributed by atoms with E-state index in [1.807, 2.05) is 0 Å². The van der Waals surface area contributed by atoms with Crippen LogP contribution >= 0.6 is 0 Å². The predicted octanol–water partition coefficient (Wildman–Crippen LogP) is 1.80. The van der Waals surface area contributed by atoms with Crippen molar-refractivity contribution in [2.45, 2.75) is 0 Å². The highest BCUT2D eigenvalue weighted by molar-refractivity contribution is 6.14. The van der Waals surface area contributed by atoms with Crippen LogP contribution in [0.1, 0.15) is 0 Å².